The number of aromatic nitrogens is 1. The Balaban J connectivity index is 2.35. The van der Waals surface area contributed by atoms with Crippen LogP contribution in [0.1, 0.15) is 10.5 Å². The average molecular weight is 249 g/mol. The molecule has 0 spiro atoms. The number of pyridine rings is 1. The van der Waals surface area contributed by atoms with Crippen molar-refractivity contribution in [2.45, 2.75) is 0 Å². The third-order valence-electron chi connectivity index (χ3n) is 2.43. The molecule has 1 aromatic carbocycles. The van der Waals surface area contributed by atoms with Crippen molar-refractivity contribution in [3.05, 3.63) is 35.8 Å². The van der Waals surface area contributed by atoms with Crippen LogP contribution in [-0.4, -0.2) is 31.6 Å². The minimum atomic E-state index is -0.459. The molecule has 2 aromatic rings. The van der Waals surface area contributed by atoms with Crippen LogP contribution in [-0.2, 0) is 4.74 Å². The molecule has 0 N–H and O–H groups in total. The zero-order chi connectivity index (χ0) is 13.0. The SMILES string of the molecule is COCCOc1cc2nc(C=O)ccc2cc1F. The zero-order valence-corrected chi connectivity index (χ0v) is 9.85. The number of aldehydes is 1. The molecule has 0 saturated carbocycles. The molecule has 18 heavy (non-hydrogen) atoms. The Morgan fingerprint density at radius 3 is 2.89 bits per heavy atom. The van der Waals surface area contributed by atoms with Gasteiger partial charge in [-0.15, -0.1) is 0 Å². The molecule has 0 aliphatic carbocycles. The molecule has 2 rings (SSSR count). The lowest BCUT2D eigenvalue weighted by Crippen LogP contribution is -2.05. The van der Waals surface area contributed by atoms with E-state index in [0.717, 1.165) is 0 Å². The fourth-order valence-corrected chi connectivity index (χ4v) is 1.55. The maximum Gasteiger partial charge on any atom is 0.168 e. The summed E-state index contributed by atoms with van der Waals surface area (Å²) in [6.45, 7) is 0.631. The van der Waals surface area contributed by atoms with Gasteiger partial charge >= 0.3 is 0 Å². The first-order chi connectivity index (χ1) is 8.74. The van der Waals surface area contributed by atoms with Crippen LogP contribution in [0, 0.1) is 5.82 Å². The highest BCUT2D eigenvalue weighted by Crippen LogP contribution is 2.23. The molecule has 5 heteroatoms. The number of hydrogen-bond donors (Lipinski definition) is 0. The van der Waals surface area contributed by atoms with Crippen LogP contribution in [0.5, 0.6) is 5.75 Å². The Morgan fingerprint density at radius 2 is 2.17 bits per heavy atom. The summed E-state index contributed by atoms with van der Waals surface area (Å²) in [6.07, 6.45) is 0.647. The van der Waals surface area contributed by atoms with E-state index in [1.54, 1.807) is 12.1 Å². The molecule has 4 nitrogen and oxygen atoms in total. The van der Waals surface area contributed by atoms with E-state index < -0.39 is 5.82 Å². The van der Waals surface area contributed by atoms with Crippen molar-refractivity contribution < 1.29 is 18.7 Å². The summed E-state index contributed by atoms with van der Waals surface area (Å²) in [4.78, 5) is 14.7. The van der Waals surface area contributed by atoms with Gasteiger partial charge in [-0.1, -0.05) is 6.07 Å². The summed E-state index contributed by atoms with van der Waals surface area (Å²) in [5, 5.41) is 0.622. The van der Waals surface area contributed by atoms with E-state index >= 15 is 0 Å². The first kappa shape index (κ1) is 12.4. The zero-order valence-electron chi connectivity index (χ0n) is 9.85. The number of methoxy groups -OCH3 is 1. The standard InChI is InChI=1S/C13H12FNO3/c1-17-4-5-18-13-7-12-9(6-11(13)14)2-3-10(8-16)15-12/h2-3,6-8H,4-5H2,1H3. The van der Waals surface area contributed by atoms with E-state index in [4.69, 9.17) is 9.47 Å². The largest absolute Gasteiger partial charge is 0.488 e. The van der Waals surface area contributed by atoms with Crippen molar-refractivity contribution in [2.24, 2.45) is 0 Å². The first-order valence-corrected chi connectivity index (χ1v) is 5.42. The van der Waals surface area contributed by atoms with Gasteiger partial charge in [-0.25, -0.2) is 9.37 Å². The summed E-state index contributed by atoms with van der Waals surface area (Å²) in [6, 6.07) is 6.00. The second-order valence-corrected chi connectivity index (χ2v) is 3.67. The molecule has 0 aliphatic heterocycles. The minimum absolute atomic E-state index is 0.107. The summed E-state index contributed by atoms with van der Waals surface area (Å²) in [5.41, 5.74) is 0.824. The first-order valence-electron chi connectivity index (χ1n) is 5.42. The Hall–Kier alpha value is -2.01. The highest BCUT2D eigenvalue weighted by molar-refractivity contribution is 5.84. The van der Waals surface area contributed by atoms with Crippen LogP contribution in [0.4, 0.5) is 4.39 Å². The van der Waals surface area contributed by atoms with Gasteiger partial charge in [0.15, 0.2) is 17.9 Å². The fourth-order valence-electron chi connectivity index (χ4n) is 1.55. The van der Waals surface area contributed by atoms with Crippen LogP contribution < -0.4 is 4.74 Å². The van der Waals surface area contributed by atoms with Gasteiger partial charge in [-0.2, -0.15) is 0 Å². The van der Waals surface area contributed by atoms with Crippen molar-refractivity contribution in [1.29, 1.82) is 0 Å². The smallest absolute Gasteiger partial charge is 0.168 e. The molecule has 0 amide bonds. The van der Waals surface area contributed by atoms with Gasteiger partial charge in [0.2, 0.25) is 0 Å². The highest BCUT2D eigenvalue weighted by atomic mass is 19.1. The molecule has 0 atom stereocenters. The Kier molecular flexibility index (Phi) is 3.84. The maximum absolute atomic E-state index is 13.7. The monoisotopic (exact) mass is 249 g/mol. The topological polar surface area (TPSA) is 48.4 Å². The number of nitrogens with zero attached hydrogens (tertiary/aromatic N) is 1. The van der Waals surface area contributed by atoms with E-state index in [0.29, 0.717) is 29.5 Å². The van der Waals surface area contributed by atoms with Crippen molar-refractivity contribution in [1.82, 2.24) is 4.98 Å². The van der Waals surface area contributed by atoms with Crippen LogP contribution in [0.25, 0.3) is 10.9 Å². The number of carbonyl (C=O) groups excluding carboxylic acids is 1. The lowest BCUT2D eigenvalue weighted by Gasteiger charge is -2.08. The second kappa shape index (κ2) is 5.55. The fraction of sp³-hybridized carbons (Fsp3) is 0.231. The maximum atomic E-state index is 13.7. The average Bonchev–Trinajstić information content (AvgIpc) is 2.39. The Bertz CT molecular complexity index is 571. The highest BCUT2D eigenvalue weighted by Gasteiger charge is 2.07. The van der Waals surface area contributed by atoms with Gasteiger partial charge in [0, 0.05) is 18.6 Å². The van der Waals surface area contributed by atoms with Crippen LogP contribution in [0.3, 0.4) is 0 Å². The van der Waals surface area contributed by atoms with Crippen molar-refractivity contribution >= 4 is 17.2 Å². The summed E-state index contributed by atoms with van der Waals surface area (Å²) >= 11 is 0. The predicted molar refractivity (Wildman–Crippen MR) is 64.5 cm³/mol. The minimum Gasteiger partial charge on any atom is -0.488 e. The van der Waals surface area contributed by atoms with E-state index in [1.807, 2.05) is 0 Å². The molecule has 1 heterocycles. The van der Waals surface area contributed by atoms with E-state index in [1.165, 1.54) is 19.2 Å². The van der Waals surface area contributed by atoms with Crippen molar-refractivity contribution in [2.75, 3.05) is 20.3 Å². The predicted octanol–water partition coefficient (Wildman–Crippen LogP) is 2.21. The molecule has 0 fully saturated rings. The van der Waals surface area contributed by atoms with Crippen molar-refractivity contribution in [3.63, 3.8) is 0 Å². The lowest BCUT2D eigenvalue weighted by molar-refractivity contribution is 0.111. The van der Waals surface area contributed by atoms with Gasteiger partial charge in [0.25, 0.3) is 0 Å². The van der Waals surface area contributed by atoms with Gasteiger partial charge in [0.05, 0.1) is 12.1 Å². The number of rotatable bonds is 5. The number of carbonyl (C=O) groups is 1. The number of ether oxygens (including phenoxy) is 2. The van der Waals surface area contributed by atoms with Gasteiger partial charge in [0.1, 0.15) is 12.3 Å². The molecule has 94 valence electrons. The molecule has 0 saturated heterocycles. The number of halogens is 1. The number of fused-ring (bicyclic) bond motifs is 1. The van der Waals surface area contributed by atoms with Gasteiger partial charge in [-0.3, -0.25) is 4.79 Å². The number of benzene rings is 1. The molecule has 0 unspecified atom stereocenters. The van der Waals surface area contributed by atoms with E-state index in [-0.39, 0.29) is 12.4 Å². The van der Waals surface area contributed by atoms with Crippen LogP contribution >= 0.6 is 0 Å². The van der Waals surface area contributed by atoms with Crippen LogP contribution in [0.2, 0.25) is 0 Å². The summed E-state index contributed by atoms with van der Waals surface area (Å²) in [5.74, 6) is -0.352. The van der Waals surface area contributed by atoms with E-state index in [9.17, 15) is 9.18 Å². The van der Waals surface area contributed by atoms with Gasteiger partial charge < -0.3 is 9.47 Å². The summed E-state index contributed by atoms with van der Waals surface area (Å²) in [7, 11) is 1.54. The Labute approximate surface area is 103 Å². The molecule has 0 aliphatic rings. The molecule has 0 bridgehead atoms. The van der Waals surface area contributed by atoms with Crippen molar-refractivity contribution in [3.8, 4) is 5.75 Å². The molecule has 0 radical (unpaired) electrons. The molecular formula is C13H12FNO3. The molecule has 1 aromatic heterocycles. The third-order valence-corrected chi connectivity index (χ3v) is 2.43. The number of hydrogen-bond acceptors (Lipinski definition) is 4. The summed E-state index contributed by atoms with van der Waals surface area (Å²) < 4.78 is 23.7. The normalized spacial score (nSPS) is 10.6. The Morgan fingerprint density at radius 1 is 1.33 bits per heavy atom. The lowest BCUT2D eigenvalue weighted by atomic mass is 10.2. The molecular weight excluding hydrogens is 237 g/mol. The quantitative estimate of drug-likeness (QED) is 0.602. The third kappa shape index (κ3) is 2.62. The second-order valence-electron chi connectivity index (χ2n) is 3.67. The van der Waals surface area contributed by atoms with Crippen LogP contribution in [0.15, 0.2) is 24.3 Å². The van der Waals surface area contributed by atoms with Gasteiger partial charge in [-0.05, 0) is 12.1 Å². The van der Waals surface area contributed by atoms with E-state index in [2.05, 4.69) is 4.98 Å².